The number of nitrogens with zero attached hydrogens (tertiary/aromatic N) is 2. The van der Waals surface area contributed by atoms with Gasteiger partial charge in [-0.3, -0.25) is 4.90 Å². The van der Waals surface area contributed by atoms with Crippen molar-refractivity contribution in [3.63, 3.8) is 0 Å². The third kappa shape index (κ3) is 3.00. The van der Waals surface area contributed by atoms with Gasteiger partial charge in [0.05, 0.1) is 12.0 Å². The van der Waals surface area contributed by atoms with E-state index < -0.39 is 0 Å². The molecule has 118 valence electrons. The van der Waals surface area contributed by atoms with Crippen LogP contribution in [0.15, 0.2) is 0 Å². The summed E-state index contributed by atoms with van der Waals surface area (Å²) in [5.74, 6) is 2.01. The van der Waals surface area contributed by atoms with Crippen molar-refractivity contribution in [2.75, 3.05) is 6.54 Å². The minimum Gasteiger partial charge on any atom is -0.296 e. The van der Waals surface area contributed by atoms with Crippen LogP contribution < -0.4 is 0 Å². The van der Waals surface area contributed by atoms with Gasteiger partial charge in [0.2, 0.25) is 0 Å². The van der Waals surface area contributed by atoms with Crippen molar-refractivity contribution in [2.24, 2.45) is 23.2 Å². The number of fused-ring (bicyclic) bond motifs is 1. The fraction of sp³-hybridized carbons (Fsp3) is 0.947. The first-order valence-electron chi connectivity index (χ1n) is 9.16. The molecular weight excluding hydrogens is 256 g/mol. The fourth-order valence-corrected chi connectivity index (χ4v) is 5.30. The molecule has 3 fully saturated rings. The van der Waals surface area contributed by atoms with E-state index in [0.29, 0.717) is 11.5 Å². The molecule has 0 N–H and O–H groups in total. The van der Waals surface area contributed by atoms with Gasteiger partial charge in [-0.25, -0.2) is 0 Å². The largest absolute Gasteiger partial charge is 0.296 e. The minimum atomic E-state index is 0.282. The molecule has 1 heterocycles. The molecule has 1 aliphatic heterocycles. The molecule has 21 heavy (non-hydrogen) atoms. The van der Waals surface area contributed by atoms with Crippen LogP contribution in [0, 0.1) is 34.5 Å². The van der Waals surface area contributed by atoms with Crippen molar-refractivity contribution in [3.05, 3.63) is 0 Å². The average Bonchev–Trinajstić information content (AvgIpc) is 2.89. The molecule has 0 amide bonds. The second-order valence-corrected chi connectivity index (χ2v) is 8.82. The summed E-state index contributed by atoms with van der Waals surface area (Å²) in [5, 5.41) is 9.63. The van der Waals surface area contributed by atoms with E-state index in [1.807, 2.05) is 0 Å². The smallest absolute Gasteiger partial charge is 0.0672 e. The SMILES string of the molecule is CC(C)(C)C1CCC(C#N)C(N2CCC3CCCCC32)C1. The van der Waals surface area contributed by atoms with Gasteiger partial charge in [-0.2, -0.15) is 5.26 Å². The Morgan fingerprint density at radius 2 is 1.71 bits per heavy atom. The Morgan fingerprint density at radius 3 is 2.43 bits per heavy atom. The second-order valence-electron chi connectivity index (χ2n) is 8.82. The van der Waals surface area contributed by atoms with Crippen LogP contribution >= 0.6 is 0 Å². The van der Waals surface area contributed by atoms with E-state index in [-0.39, 0.29) is 5.92 Å². The zero-order valence-corrected chi connectivity index (χ0v) is 14.1. The molecule has 3 aliphatic rings. The highest BCUT2D eigenvalue weighted by molar-refractivity contribution is 5.03. The summed E-state index contributed by atoms with van der Waals surface area (Å²) in [6, 6.07) is 4.00. The highest BCUT2D eigenvalue weighted by atomic mass is 15.2. The molecule has 0 spiro atoms. The standard InChI is InChI=1S/C19H32N2/c1-19(2,3)16-9-8-15(13-20)18(12-16)21-11-10-14-6-4-5-7-17(14)21/h14-18H,4-12H2,1-3H3. The normalized spacial score (nSPS) is 41.5. The monoisotopic (exact) mass is 288 g/mol. The van der Waals surface area contributed by atoms with Crippen LogP contribution in [-0.4, -0.2) is 23.5 Å². The maximum atomic E-state index is 9.63. The van der Waals surface area contributed by atoms with Gasteiger partial charge in [-0.15, -0.1) is 0 Å². The van der Waals surface area contributed by atoms with E-state index in [9.17, 15) is 5.26 Å². The second kappa shape index (κ2) is 5.92. The highest BCUT2D eigenvalue weighted by Gasteiger charge is 2.45. The summed E-state index contributed by atoms with van der Waals surface area (Å²) in [6.45, 7) is 8.41. The van der Waals surface area contributed by atoms with E-state index in [4.69, 9.17) is 0 Å². The van der Waals surface area contributed by atoms with Crippen molar-refractivity contribution in [2.45, 2.75) is 84.2 Å². The molecular formula is C19H32N2. The maximum Gasteiger partial charge on any atom is 0.0672 e. The highest BCUT2D eigenvalue weighted by Crippen LogP contribution is 2.45. The fourth-order valence-electron chi connectivity index (χ4n) is 5.30. The van der Waals surface area contributed by atoms with Crippen molar-refractivity contribution in [1.29, 1.82) is 5.26 Å². The Balaban J connectivity index is 1.76. The van der Waals surface area contributed by atoms with Crippen LogP contribution in [0.1, 0.15) is 72.1 Å². The van der Waals surface area contributed by atoms with Gasteiger partial charge in [0, 0.05) is 12.1 Å². The molecule has 2 saturated carbocycles. The van der Waals surface area contributed by atoms with E-state index >= 15 is 0 Å². The predicted molar refractivity (Wildman–Crippen MR) is 86.8 cm³/mol. The van der Waals surface area contributed by atoms with E-state index in [1.54, 1.807) is 0 Å². The topological polar surface area (TPSA) is 27.0 Å². The van der Waals surface area contributed by atoms with Crippen LogP contribution in [-0.2, 0) is 0 Å². The van der Waals surface area contributed by atoms with Gasteiger partial charge < -0.3 is 0 Å². The number of hydrogen-bond donors (Lipinski definition) is 0. The zero-order valence-electron chi connectivity index (χ0n) is 14.1. The number of hydrogen-bond acceptors (Lipinski definition) is 2. The van der Waals surface area contributed by atoms with E-state index in [2.05, 4.69) is 31.7 Å². The lowest BCUT2D eigenvalue weighted by atomic mass is 9.67. The van der Waals surface area contributed by atoms with Crippen LogP contribution in [0.2, 0.25) is 0 Å². The molecule has 5 atom stereocenters. The first kappa shape index (κ1) is 15.3. The summed E-state index contributed by atoms with van der Waals surface area (Å²) in [4.78, 5) is 2.79. The predicted octanol–water partition coefficient (Wildman–Crippen LogP) is 4.61. The molecule has 1 saturated heterocycles. The molecule has 2 aliphatic carbocycles. The van der Waals surface area contributed by atoms with Gasteiger partial charge >= 0.3 is 0 Å². The summed E-state index contributed by atoms with van der Waals surface area (Å²) in [7, 11) is 0. The van der Waals surface area contributed by atoms with E-state index in [0.717, 1.165) is 24.3 Å². The van der Waals surface area contributed by atoms with Gasteiger partial charge in [0.15, 0.2) is 0 Å². The summed E-state index contributed by atoms with van der Waals surface area (Å²) in [6.07, 6.45) is 10.7. The number of nitriles is 1. The van der Waals surface area contributed by atoms with Crippen molar-refractivity contribution >= 4 is 0 Å². The van der Waals surface area contributed by atoms with Gasteiger partial charge in [0.1, 0.15) is 0 Å². The van der Waals surface area contributed by atoms with Crippen LogP contribution in [0.4, 0.5) is 0 Å². The van der Waals surface area contributed by atoms with Crippen LogP contribution in [0.3, 0.4) is 0 Å². The molecule has 5 unspecified atom stereocenters. The summed E-state index contributed by atoms with van der Waals surface area (Å²) < 4.78 is 0. The molecule has 3 rings (SSSR count). The van der Waals surface area contributed by atoms with Crippen LogP contribution in [0.5, 0.6) is 0 Å². The van der Waals surface area contributed by atoms with Crippen molar-refractivity contribution < 1.29 is 0 Å². The zero-order chi connectivity index (χ0) is 15.0. The first-order valence-corrected chi connectivity index (χ1v) is 9.16. The summed E-state index contributed by atoms with van der Waals surface area (Å²) >= 11 is 0. The quantitative estimate of drug-likeness (QED) is 0.704. The van der Waals surface area contributed by atoms with Gasteiger partial charge in [-0.05, 0) is 62.3 Å². The Morgan fingerprint density at radius 1 is 0.952 bits per heavy atom. The lowest BCUT2D eigenvalue weighted by Crippen LogP contribution is -2.49. The van der Waals surface area contributed by atoms with Crippen molar-refractivity contribution in [1.82, 2.24) is 4.90 Å². The Bertz CT molecular complexity index is 403. The maximum absolute atomic E-state index is 9.63. The molecule has 2 nitrogen and oxygen atoms in total. The number of likely N-dealkylation sites (tertiary alicyclic amines) is 1. The Labute approximate surface area is 130 Å². The van der Waals surface area contributed by atoms with Crippen molar-refractivity contribution in [3.8, 4) is 6.07 Å². The Hall–Kier alpha value is -0.550. The average molecular weight is 288 g/mol. The lowest BCUT2D eigenvalue weighted by Gasteiger charge is -2.46. The molecule has 0 bridgehead atoms. The third-order valence-electron chi connectivity index (χ3n) is 6.69. The molecule has 0 aromatic rings. The minimum absolute atomic E-state index is 0.282. The van der Waals surface area contributed by atoms with E-state index in [1.165, 1.54) is 51.5 Å². The first-order chi connectivity index (χ1) is 10.0. The lowest BCUT2D eigenvalue weighted by molar-refractivity contribution is 0.0389. The van der Waals surface area contributed by atoms with Gasteiger partial charge in [-0.1, -0.05) is 33.6 Å². The third-order valence-corrected chi connectivity index (χ3v) is 6.69. The number of rotatable bonds is 1. The summed E-state index contributed by atoms with van der Waals surface area (Å²) in [5.41, 5.74) is 0.393. The molecule has 0 aromatic heterocycles. The van der Waals surface area contributed by atoms with Crippen LogP contribution in [0.25, 0.3) is 0 Å². The molecule has 0 aromatic carbocycles. The molecule has 0 radical (unpaired) electrons. The Kier molecular flexibility index (Phi) is 4.33. The van der Waals surface area contributed by atoms with Gasteiger partial charge in [0.25, 0.3) is 0 Å². The molecule has 2 heteroatoms.